The summed E-state index contributed by atoms with van der Waals surface area (Å²) < 4.78 is 0. The van der Waals surface area contributed by atoms with Crippen molar-refractivity contribution in [2.24, 2.45) is 0 Å². The van der Waals surface area contributed by atoms with Crippen LogP contribution < -0.4 is 10.6 Å². The molecule has 1 fully saturated rings. The van der Waals surface area contributed by atoms with Crippen LogP contribution in [0.1, 0.15) is 12.8 Å². The summed E-state index contributed by atoms with van der Waals surface area (Å²) in [6.07, 6.45) is 1.81. The molecule has 0 aromatic heterocycles. The van der Waals surface area contributed by atoms with Gasteiger partial charge in [0.05, 0.1) is 9.85 Å². The summed E-state index contributed by atoms with van der Waals surface area (Å²) in [4.78, 5) is 43.9. The fraction of sp³-hybridized carbons (Fsp3) is 0.222. The molecule has 3 amide bonds. The van der Waals surface area contributed by atoms with Gasteiger partial charge in [0.2, 0.25) is 5.91 Å². The smallest absolute Gasteiger partial charge is 0.323 e. The SMILES string of the molecule is CN1CCCC1=O.O=C(Nc1ccc([N+](=O)[O-])cc1)Nc1ccc([N+](=O)[O-])cc1. The number of carbonyl (C=O) groups is 2. The zero-order valence-electron chi connectivity index (χ0n) is 15.5. The van der Waals surface area contributed by atoms with Crippen LogP contribution in [0.3, 0.4) is 0 Å². The first-order valence-corrected chi connectivity index (χ1v) is 8.57. The van der Waals surface area contributed by atoms with Crippen LogP contribution in [0.4, 0.5) is 27.5 Å². The molecule has 0 radical (unpaired) electrons. The van der Waals surface area contributed by atoms with Gasteiger partial charge in [-0.1, -0.05) is 0 Å². The van der Waals surface area contributed by atoms with E-state index in [1.165, 1.54) is 48.5 Å². The van der Waals surface area contributed by atoms with Gasteiger partial charge < -0.3 is 15.5 Å². The number of hydrogen-bond acceptors (Lipinski definition) is 6. The second-order valence-electron chi connectivity index (χ2n) is 6.11. The van der Waals surface area contributed by atoms with E-state index in [-0.39, 0.29) is 11.4 Å². The fourth-order valence-electron chi connectivity index (χ4n) is 2.41. The predicted octanol–water partition coefficient (Wildman–Crippen LogP) is 3.39. The molecule has 0 saturated carbocycles. The molecule has 3 rings (SSSR count). The standard InChI is InChI=1S/C13H10N4O5.C5H9NO/c18-13(14-9-1-5-11(6-2-9)16(19)20)15-10-3-7-12(8-4-10)17(21)22;1-6-4-2-3-5(6)7/h1-8H,(H2,14,15,18);2-4H2,1H3. The van der Waals surface area contributed by atoms with Crippen molar-refractivity contribution in [3.05, 3.63) is 68.8 Å². The highest BCUT2D eigenvalue weighted by Crippen LogP contribution is 2.17. The van der Waals surface area contributed by atoms with Gasteiger partial charge >= 0.3 is 6.03 Å². The number of likely N-dealkylation sites (tertiary alicyclic amines) is 1. The molecule has 0 unspecified atom stereocenters. The van der Waals surface area contributed by atoms with E-state index in [2.05, 4.69) is 10.6 Å². The van der Waals surface area contributed by atoms with Crippen molar-refractivity contribution in [3.8, 4) is 0 Å². The van der Waals surface area contributed by atoms with Crippen LogP contribution in [-0.2, 0) is 4.79 Å². The van der Waals surface area contributed by atoms with Crippen molar-refractivity contribution in [2.45, 2.75) is 12.8 Å². The van der Waals surface area contributed by atoms with E-state index in [9.17, 15) is 29.8 Å². The van der Waals surface area contributed by atoms with E-state index < -0.39 is 15.9 Å². The van der Waals surface area contributed by atoms with Gasteiger partial charge in [-0.05, 0) is 30.7 Å². The highest BCUT2D eigenvalue weighted by molar-refractivity contribution is 5.99. The van der Waals surface area contributed by atoms with E-state index in [1.807, 2.05) is 7.05 Å². The molecule has 11 nitrogen and oxygen atoms in total. The Morgan fingerprint density at radius 1 is 0.897 bits per heavy atom. The molecule has 1 aliphatic heterocycles. The summed E-state index contributed by atoms with van der Waals surface area (Å²) in [6, 6.07) is 10.1. The van der Waals surface area contributed by atoms with Crippen LogP contribution in [0.2, 0.25) is 0 Å². The van der Waals surface area contributed by atoms with Gasteiger partial charge in [0.25, 0.3) is 11.4 Å². The Morgan fingerprint density at radius 3 is 1.55 bits per heavy atom. The van der Waals surface area contributed by atoms with Gasteiger partial charge in [-0.3, -0.25) is 25.0 Å². The molecule has 0 aliphatic carbocycles. The molecule has 2 aromatic rings. The van der Waals surface area contributed by atoms with Crippen LogP contribution >= 0.6 is 0 Å². The zero-order valence-corrected chi connectivity index (χ0v) is 15.5. The van der Waals surface area contributed by atoms with Crippen LogP contribution in [-0.4, -0.2) is 40.3 Å². The van der Waals surface area contributed by atoms with Gasteiger partial charge in [-0.15, -0.1) is 0 Å². The molecular formula is C18H19N5O6. The van der Waals surface area contributed by atoms with E-state index in [0.717, 1.165) is 19.4 Å². The molecule has 1 saturated heterocycles. The summed E-state index contributed by atoms with van der Waals surface area (Å²) in [5.74, 6) is 0.292. The molecule has 0 bridgehead atoms. The molecule has 1 aliphatic rings. The second kappa shape index (κ2) is 9.78. The number of urea groups is 1. The van der Waals surface area contributed by atoms with Crippen LogP contribution in [0.5, 0.6) is 0 Å². The van der Waals surface area contributed by atoms with Crippen LogP contribution in [0, 0.1) is 20.2 Å². The lowest BCUT2D eigenvalue weighted by Gasteiger charge is -2.07. The molecule has 2 N–H and O–H groups in total. The van der Waals surface area contributed by atoms with Crippen molar-refractivity contribution >= 4 is 34.7 Å². The summed E-state index contributed by atoms with van der Waals surface area (Å²) in [5.41, 5.74) is 0.595. The third-order valence-corrected chi connectivity index (χ3v) is 3.98. The lowest BCUT2D eigenvalue weighted by Crippen LogP contribution is -2.19. The number of carbonyl (C=O) groups excluding carboxylic acids is 2. The number of benzene rings is 2. The number of nitrogens with one attached hydrogen (secondary N) is 2. The molecule has 29 heavy (non-hydrogen) atoms. The van der Waals surface area contributed by atoms with Gasteiger partial charge in [-0.25, -0.2) is 4.79 Å². The van der Waals surface area contributed by atoms with Gasteiger partial charge in [-0.2, -0.15) is 0 Å². The topological polar surface area (TPSA) is 148 Å². The number of hydrogen-bond donors (Lipinski definition) is 2. The largest absolute Gasteiger partial charge is 0.346 e. The Kier molecular flexibility index (Phi) is 7.18. The lowest BCUT2D eigenvalue weighted by molar-refractivity contribution is -0.385. The van der Waals surface area contributed by atoms with E-state index in [1.54, 1.807) is 4.90 Å². The fourth-order valence-corrected chi connectivity index (χ4v) is 2.41. The first-order valence-electron chi connectivity index (χ1n) is 8.57. The Morgan fingerprint density at radius 2 is 1.31 bits per heavy atom. The Labute approximate surface area is 165 Å². The average Bonchev–Trinajstić information content (AvgIpc) is 3.06. The van der Waals surface area contributed by atoms with E-state index in [0.29, 0.717) is 17.3 Å². The predicted molar refractivity (Wildman–Crippen MR) is 106 cm³/mol. The summed E-state index contributed by atoms with van der Waals surface area (Å²) in [6.45, 7) is 0.957. The molecule has 0 atom stereocenters. The Hall–Kier alpha value is -4.02. The quantitative estimate of drug-likeness (QED) is 0.593. The average molecular weight is 401 g/mol. The van der Waals surface area contributed by atoms with E-state index in [4.69, 9.17) is 0 Å². The highest BCUT2D eigenvalue weighted by atomic mass is 16.6. The van der Waals surface area contributed by atoms with Gasteiger partial charge in [0.1, 0.15) is 0 Å². The van der Waals surface area contributed by atoms with Crippen molar-refractivity contribution < 1.29 is 19.4 Å². The van der Waals surface area contributed by atoms with Crippen molar-refractivity contribution in [1.82, 2.24) is 4.90 Å². The Bertz CT molecular complexity index is 836. The highest BCUT2D eigenvalue weighted by Gasteiger charge is 2.14. The molecule has 11 heteroatoms. The minimum atomic E-state index is -0.567. The third kappa shape index (κ3) is 6.57. The second-order valence-corrected chi connectivity index (χ2v) is 6.11. The molecular weight excluding hydrogens is 382 g/mol. The normalized spacial score (nSPS) is 12.6. The minimum absolute atomic E-state index is 0.0821. The first-order chi connectivity index (χ1) is 13.8. The van der Waals surface area contributed by atoms with Gasteiger partial charge in [0, 0.05) is 55.7 Å². The monoisotopic (exact) mass is 401 g/mol. The molecule has 1 heterocycles. The number of rotatable bonds is 4. The summed E-state index contributed by atoms with van der Waals surface area (Å²) in [5, 5.41) is 26.0. The number of amides is 3. The number of nitrogens with zero attached hydrogens (tertiary/aromatic N) is 3. The molecule has 0 spiro atoms. The van der Waals surface area contributed by atoms with Crippen LogP contribution in [0.25, 0.3) is 0 Å². The maximum atomic E-state index is 11.7. The van der Waals surface area contributed by atoms with Crippen LogP contribution in [0.15, 0.2) is 48.5 Å². The maximum absolute atomic E-state index is 11.7. The molecule has 2 aromatic carbocycles. The Balaban J connectivity index is 0.000000360. The van der Waals surface area contributed by atoms with Crippen molar-refractivity contribution in [1.29, 1.82) is 0 Å². The zero-order chi connectivity index (χ0) is 21.4. The number of nitro groups is 2. The number of non-ortho nitro benzene ring substituents is 2. The number of nitro benzene ring substituents is 2. The lowest BCUT2D eigenvalue weighted by atomic mass is 10.3. The first kappa shape index (κ1) is 21.3. The molecule has 152 valence electrons. The maximum Gasteiger partial charge on any atom is 0.323 e. The minimum Gasteiger partial charge on any atom is -0.346 e. The summed E-state index contributed by atoms with van der Waals surface area (Å²) in [7, 11) is 1.84. The summed E-state index contributed by atoms with van der Waals surface area (Å²) >= 11 is 0. The number of anilines is 2. The van der Waals surface area contributed by atoms with Crippen molar-refractivity contribution in [2.75, 3.05) is 24.2 Å². The van der Waals surface area contributed by atoms with E-state index >= 15 is 0 Å². The van der Waals surface area contributed by atoms with Gasteiger partial charge in [0.15, 0.2) is 0 Å². The van der Waals surface area contributed by atoms with Crippen molar-refractivity contribution in [3.63, 3.8) is 0 Å². The third-order valence-electron chi connectivity index (χ3n) is 3.98.